The molecule has 0 bridgehead atoms. The highest BCUT2D eigenvalue weighted by Gasteiger charge is 2.17. The Morgan fingerprint density at radius 1 is 0.757 bits per heavy atom. The number of carbonyl (C=O) groups excluding carboxylic acids is 1. The summed E-state index contributed by atoms with van der Waals surface area (Å²) in [5.41, 5.74) is 8.11. The number of nitrogens with zero attached hydrogens (tertiary/aromatic N) is 1. The number of hydrogen-bond acceptors (Lipinski definition) is 4. The number of rotatable bonds is 9. The SMILES string of the molecule is Cc1ccc(NS(=O)(=O)c2cccc(C(=O)NN=C(Cc3ccccc3)Cc3ccccc3)c2)c(C)c1. The van der Waals surface area contributed by atoms with E-state index in [2.05, 4.69) is 15.2 Å². The molecule has 0 radical (unpaired) electrons. The predicted octanol–water partition coefficient (Wildman–Crippen LogP) is 5.68. The first-order valence-corrected chi connectivity index (χ1v) is 13.4. The Labute approximate surface area is 218 Å². The molecule has 0 heterocycles. The lowest BCUT2D eigenvalue weighted by molar-refractivity contribution is 0.0954. The molecule has 188 valence electrons. The van der Waals surface area contributed by atoms with E-state index in [4.69, 9.17) is 0 Å². The van der Waals surface area contributed by atoms with Gasteiger partial charge in [-0.1, -0.05) is 84.4 Å². The highest BCUT2D eigenvalue weighted by molar-refractivity contribution is 7.92. The zero-order valence-electron chi connectivity index (χ0n) is 20.8. The van der Waals surface area contributed by atoms with E-state index >= 15 is 0 Å². The van der Waals surface area contributed by atoms with E-state index in [1.807, 2.05) is 86.6 Å². The Kier molecular flexibility index (Phi) is 8.15. The van der Waals surface area contributed by atoms with Crippen molar-refractivity contribution in [3.8, 4) is 0 Å². The van der Waals surface area contributed by atoms with Crippen LogP contribution in [0.4, 0.5) is 5.69 Å². The summed E-state index contributed by atoms with van der Waals surface area (Å²) in [6, 6.07) is 31.2. The first-order chi connectivity index (χ1) is 17.8. The van der Waals surface area contributed by atoms with Gasteiger partial charge in [-0.2, -0.15) is 5.10 Å². The highest BCUT2D eigenvalue weighted by atomic mass is 32.2. The van der Waals surface area contributed by atoms with Gasteiger partial charge in [-0.05, 0) is 54.8 Å². The van der Waals surface area contributed by atoms with Crippen LogP contribution in [-0.4, -0.2) is 20.0 Å². The molecule has 0 aromatic heterocycles. The third-order valence-electron chi connectivity index (χ3n) is 5.85. The zero-order chi connectivity index (χ0) is 26.3. The molecular weight excluding hydrogens is 482 g/mol. The lowest BCUT2D eigenvalue weighted by Gasteiger charge is -2.12. The van der Waals surface area contributed by atoms with Crippen LogP contribution in [0.5, 0.6) is 0 Å². The van der Waals surface area contributed by atoms with Crippen LogP contribution in [0.3, 0.4) is 0 Å². The normalized spacial score (nSPS) is 11.0. The fourth-order valence-electron chi connectivity index (χ4n) is 3.94. The van der Waals surface area contributed by atoms with Gasteiger partial charge in [-0.15, -0.1) is 0 Å². The van der Waals surface area contributed by atoms with Crippen LogP contribution in [0.2, 0.25) is 0 Å². The number of nitrogens with one attached hydrogen (secondary N) is 2. The van der Waals surface area contributed by atoms with Gasteiger partial charge in [0.05, 0.1) is 10.6 Å². The molecule has 4 aromatic carbocycles. The molecule has 0 spiro atoms. The molecule has 7 heteroatoms. The molecule has 0 saturated carbocycles. The maximum Gasteiger partial charge on any atom is 0.271 e. The Morgan fingerprint density at radius 3 is 1.97 bits per heavy atom. The summed E-state index contributed by atoms with van der Waals surface area (Å²) < 4.78 is 28.6. The van der Waals surface area contributed by atoms with Gasteiger partial charge in [0.1, 0.15) is 0 Å². The van der Waals surface area contributed by atoms with Crippen molar-refractivity contribution in [2.24, 2.45) is 5.10 Å². The number of carbonyl (C=O) groups is 1. The topological polar surface area (TPSA) is 87.6 Å². The van der Waals surface area contributed by atoms with Crippen molar-refractivity contribution in [2.45, 2.75) is 31.6 Å². The summed E-state index contributed by atoms with van der Waals surface area (Å²) in [6.07, 6.45) is 1.15. The second-order valence-corrected chi connectivity index (χ2v) is 10.6. The smallest absolute Gasteiger partial charge is 0.271 e. The summed E-state index contributed by atoms with van der Waals surface area (Å²) in [5, 5.41) is 4.42. The average molecular weight is 512 g/mol. The Morgan fingerprint density at radius 2 is 1.38 bits per heavy atom. The fourth-order valence-corrected chi connectivity index (χ4v) is 5.11. The minimum atomic E-state index is -3.88. The maximum absolute atomic E-state index is 13.0. The molecule has 2 N–H and O–H groups in total. The van der Waals surface area contributed by atoms with Crippen molar-refractivity contribution in [3.63, 3.8) is 0 Å². The van der Waals surface area contributed by atoms with E-state index in [-0.39, 0.29) is 10.5 Å². The number of aryl methyl sites for hydroxylation is 2. The Balaban J connectivity index is 1.53. The summed E-state index contributed by atoms with van der Waals surface area (Å²) >= 11 is 0. The quantitative estimate of drug-likeness (QED) is 0.224. The van der Waals surface area contributed by atoms with Crippen molar-refractivity contribution in [3.05, 3.63) is 131 Å². The lowest BCUT2D eigenvalue weighted by Crippen LogP contribution is -2.22. The van der Waals surface area contributed by atoms with Gasteiger partial charge >= 0.3 is 0 Å². The maximum atomic E-state index is 13.0. The largest absolute Gasteiger partial charge is 0.279 e. The average Bonchev–Trinajstić information content (AvgIpc) is 2.90. The fraction of sp³-hybridized carbons (Fsp3) is 0.133. The van der Waals surface area contributed by atoms with Crippen LogP contribution in [0, 0.1) is 13.8 Å². The molecule has 37 heavy (non-hydrogen) atoms. The molecule has 0 atom stereocenters. The van der Waals surface area contributed by atoms with Gasteiger partial charge in [0.2, 0.25) is 0 Å². The van der Waals surface area contributed by atoms with Gasteiger partial charge < -0.3 is 0 Å². The standard InChI is InChI=1S/C30H29N3O3S/c1-22-16-17-29(23(2)18-22)33-37(35,36)28-15-9-14-26(21-28)30(34)32-31-27(19-24-10-5-3-6-11-24)20-25-12-7-4-8-13-25/h3-18,21,33H,19-20H2,1-2H3,(H,32,34). The summed E-state index contributed by atoms with van der Waals surface area (Å²) in [5.74, 6) is -0.484. The third-order valence-corrected chi connectivity index (χ3v) is 7.21. The minimum Gasteiger partial charge on any atom is -0.279 e. The lowest BCUT2D eigenvalue weighted by atomic mass is 10.0. The summed E-state index contributed by atoms with van der Waals surface area (Å²) in [6.45, 7) is 3.79. The van der Waals surface area contributed by atoms with E-state index in [1.54, 1.807) is 18.2 Å². The van der Waals surface area contributed by atoms with Crippen LogP contribution in [0.1, 0.15) is 32.6 Å². The van der Waals surface area contributed by atoms with Gasteiger partial charge in [-0.25, -0.2) is 13.8 Å². The Bertz CT molecular complexity index is 1470. The van der Waals surface area contributed by atoms with Crippen LogP contribution >= 0.6 is 0 Å². The number of hydrazone groups is 1. The second-order valence-electron chi connectivity index (χ2n) is 8.90. The van der Waals surface area contributed by atoms with E-state index in [1.165, 1.54) is 12.1 Å². The van der Waals surface area contributed by atoms with Crippen molar-refractivity contribution >= 4 is 27.3 Å². The minimum absolute atomic E-state index is 0.00195. The van der Waals surface area contributed by atoms with Gasteiger partial charge in [-0.3, -0.25) is 9.52 Å². The number of benzene rings is 4. The number of anilines is 1. The molecule has 0 aliphatic carbocycles. The molecule has 0 aliphatic heterocycles. The van der Waals surface area contributed by atoms with Gasteiger partial charge in [0.25, 0.3) is 15.9 Å². The van der Waals surface area contributed by atoms with Crippen LogP contribution in [0.15, 0.2) is 113 Å². The van der Waals surface area contributed by atoms with Crippen molar-refractivity contribution in [1.29, 1.82) is 0 Å². The first-order valence-electron chi connectivity index (χ1n) is 11.9. The van der Waals surface area contributed by atoms with E-state index in [0.29, 0.717) is 18.5 Å². The molecule has 4 aromatic rings. The number of sulfonamides is 1. The van der Waals surface area contributed by atoms with Crippen LogP contribution in [0.25, 0.3) is 0 Å². The van der Waals surface area contributed by atoms with Gasteiger partial charge in [0, 0.05) is 24.1 Å². The van der Waals surface area contributed by atoms with Crippen molar-refractivity contribution < 1.29 is 13.2 Å². The second kappa shape index (κ2) is 11.7. The summed E-state index contributed by atoms with van der Waals surface area (Å²) in [4.78, 5) is 12.9. The molecule has 0 unspecified atom stereocenters. The summed E-state index contributed by atoms with van der Waals surface area (Å²) in [7, 11) is -3.88. The Hall–Kier alpha value is -4.23. The highest BCUT2D eigenvalue weighted by Crippen LogP contribution is 2.21. The molecule has 0 fully saturated rings. The van der Waals surface area contributed by atoms with Crippen molar-refractivity contribution in [1.82, 2.24) is 5.43 Å². The monoisotopic (exact) mass is 511 g/mol. The van der Waals surface area contributed by atoms with E-state index in [0.717, 1.165) is 28.0 Å². The zero-order valence-corrected chi connectivity index (χ0v) is 21.6. The third kappa shape index (κ3) is 7.15. The predicted molar refractivity (Wildman–Crippen MR) is 148 cm³/mol. The van der Waals surface area contributed by atoms with Crippen molar-refractivity contribution in [2.75, 3.05) is 4.72 Å². The van der Waals surface area contributed by atoms with E-state index in [9.17, 15) is 13.2 Å². The molecular formula is C30H29N3O3S. The number of hydrogen-bond donors (Lipinski definition) is 2. The molecule has 0 aliphatic rings. The molecule has 4 rings (SSSR count). The molecule has 1 amide bonds. The molecule has 0 saturated heterocycles. The molecule has 6 nitrogen and oxygen atoms in total. The first kappa shape index (κ1) is 25.9. The number of amides is 1. The van der Waals surface area contributed by atoms with Crippen LogP contribution < -0.4 is 10.1 Å². The van der Waals surface area contributed by atoms with Crippen LogP contribution in [-0.2, 0) is 22.9 Å². The van der Waals surface area contributed by atoms with E-state index < -0.39 is 15.9 Å². The van der Waals surface area contributed by atoms with Gasteiger partial charge in [0.15, 0.2) is 0 Å².